The molecule has 148 valence electrons. The Bertz CT molecular complexity index is 1050. The molecular formula is C23H21ClN2O3. The monoisotopic (exact) mass is 408 g/mol. The molecule has 1 heterocycles. The lowest BCUT2D eigenvalue weighted by Crippen LogP contribution is -2.50. The second-order valence-corrected chi connectivity index (χ2v) is 7.39. The zero-order valence-corrected chi connectivity index (χ0v) is 16.6. The summed E-state index contributed by atoms with van der Waals surface area (Å²) in [6.07, 6.45) is 0.784. The molecule has 0 saturated carbocycles. The van der Waals surface area contributed by atoms with Crippen LogP contribution in [0.2, 0.25) is 5.02 Å². The number of anilines is 1. The molecule has 4 rings (SSSR count). The Labute approximate surface area is 174 Å². The second kappa shape index (κ2) is 8.53. The van der Waals surface area contributed by atoms with Crippen molar-refractivity contribution in [2.75, 3.05) is 37.7 Å². The van der Waals surface area contributed by atoms with E-state index in [1.807, 2.05) is 54.6 Å². The zero-order valence-electron chi connectivity index (χ0n) is 15.9. The highest BCUT2D eigenvalue weighted by Crippen LogP contribution is 2.27. The minimum Gasteiger partial charge on any atom is -0.483 e. The van der Waals surface area contributed by atoms with Crippen LogP contribution in [0.3, 0.4) is 0 Å². The number of hydrogen-bond acceptors (Lipinski definition) is 4. The third-order valence-corrected chi connectivity index (χ3v) is 5.44. The van der Waals surface area contributed by atoms with E-state index in [0.717, 1.165) is 35.8 Å². The molecule has 5 nitrogen and oxygen atoms in total. The molecule has 1 amide bonds. The number of halogens is 1. The number of nitrogens with zero attached hydrogens (tertiary/aromatic N) is 2. The Balaban J connectivity index is 1.37. The van der Waals surface area contributed by atoms with Gasteiger partial charge in [0, 0.05) is 36.9 Å². The number of carbonyl (C=O) groups excluding carboxylic acids is 2. The van der Waals surface area contributed by atoms with Crippen LogP contribution in [0.25, 0.3) is 10.8 Å². The van der Waals surface area contributed by atoms with Crippen molar-refractivity contribution in [1.29, 1.82) is 0 Å². The van der Waals surface area contributed by atoms with Gasteiger partial charge in [-0.2, -0.15) is 0 Å². The first kappa shape index (κ1) is 19.3. The molecule has 0 N–H and O–H groups in total. The lowest BCUT2D eigenvalue weighted by atomic mass is 10.0. The number of rotatable bonds is 5. The summed E-state index contributed by atoms with van der Waals surface area (Å²) in [6.45, 7) is 2.62. The molecule has 0 unspecified atom stereocenters. The topological polar surface area (TPSA) is 49.9 Å². The predicted octanol–water partition coefficient (Wildman–Crippen LogP) is 4.03. The van der Waals surface area contributed by atoms with E-state index in [1.54, 1.807) is 11.0 Å². The number of carbonyl (C=O) groups is 2. The molecule has 1 aliphatic rings. The van der Waals surface area contributed by atoms with Gasteiger partial charge in [0.1, 0.15) is 5.75 Å². The van der Waals surface area contributed by atoms with Gasteiger partial charge >= 0.3 is 0 Å². The normalized spacial score (nSPS) is 14.1. The van der Waals surface area contributed by atoms with Crippen molar-refractivity contribution >= 4 is 40.3 Å². The first-order chi connectivity index (χ1) is 14.2. The Morgan fingerprint density at radius 1 is 1.00 bits per heavy atom. The van der Waals surface area contributed by atoms with Crippen LogP contribution in [-0.4, -0.2) is 49.9 Å². The van der Waals surface area contributed by atoms with E-state index < -0.39 is 0 Å². The molecule has 0 spiro atoms. The summed E-state index contributed by atoms with van der Waals surface area (Å²) < 4.78 is 5.72. The van der Waals surface area contributed by atoms with Crippen LogP contribution >= 0.6 is 11.6 Å². The molecular weight excluding hydrogens is 388 g/mol. The number of amides is 1. The minimum atomic E-state index is -0.0870. The fraction of sp³-hybridized carbons (Fsp3) is 0.217. The van der Waals surface area contributed by atoms with Gasteiger partial charge in [0.15, 0.2) is 12.9 Å². The van der Waals surface area contributed by atoms with Crippen LogP contribution in [0.5, 0.6) is 5.75 Å². The van der Waals surface area contributed by atoms with Crippen LogP contribution in [-0.2, 0) is 4.79 Å². The number of fused-ring (bicyclic) bond motifs is 1. The maximum atomic E-state index is 12.6. The van der Waals surface area contributed by atoms with Crippen LogP contribution in [0.15, 0.2) is 60.7 Å². The number of piperazine rings is 1. The van der Waals surface area contributed by atoms with Gasteiger partial charge < -0.3 is 14.5 Å². The SMILES string of the molecule is O=Cc1c(OCC(=O)N2CCN(c3cccc(Cl)c3)CC2)ccc2ccccc12. The van der Waals surface area contributed by atoms with Gasteiger partial charge in [-0.3, -0.25) is 9.59 Å². The van der Waals surface area contributed by atoms with E-state index in [4.69, 9.17) is 16.3 Å². The second-order valence-electron chi connectivity index (χ2n) is 6.95. The van der Waals surface area contributed by atoms with Crippen molar-refractivity contribution in [2.45, 2.75) is 0 Å². The van der Waals surface area contributed by atoms with Gasteiger partial charge in [-0.1, -0.05) is 48.0 Å². The Morgan fingerprint density at radius 3 is 2.55 bits per heavy atom. The molecule has 6 heteroatoms. The lowest BCUT2D eigenvalue weighted by Gasteiger charge is -2.36. The van der Waals surface area contributed by atoms with E-state index >= 15 is 0 Å². The zero-order chi connectivity index (χ0) is 20.2. The number of ether oxygens (including phenoxy) is 1. The number of benzene rings is 3. The summed E-state index contributed by atoms with van der Waals surface area (Å²) in [5.41, 5.74) is 1.54. The molecule has 1 aliphatic heterocycles. The molecule has 0 aromatic heterocycles. The summed E-state index contributed by atoms with van der Waals surface area (Å²) in [5, 5.41) is 2.49. The summed E-state index contributed by atoms with van der Waals surface area (Å²) in [7, 11) is 0. The Morgan fingerprint density at radius 2 is 1.79 bits per heavy atom. The van der Waals surface area contributed by atoms with Crippen molar-refractivity contribution < 1.29 is 14.3 Å². The van der Waals surface area contributed by atoms with Crippen molar-refractivity contribution in [3.63, 3.8) is 0 Å². The van der Waals surface area contributed by atoms with Crippen molar-refractivity contribution in [1.82, 2.24) is 4.90 Å². The van der Waals surface area contributed by atoms with Crippen molar-refractivity contribution in [3.05, 3.63) is 71.2 Å². The number of aldehydes is 1. The van der Waals surface area contributed by atoms with Gasteiger partial charge in [0.2, 0.25) is 0 Å². The van der Waals surface area contributed by atoms with E-state index in [2.05, 4.69) is 4.90 Å². The first-order valence-electron chi connectivity index (χ1n) is 9.54. The summed E-state index contributed by atoms with van der Waals surface area (Å²) in [5.74, 6) is 0.352. The average Bonchev–Trinajstić information content (AvgIpc) is 2.77. The van der Waals surface area contributed by atoms with Crippen molar-refractivity contribution in [2.24, 2.45) is 0 Å². The van der Waals surface area contributed by atoms with E-state index in [0.29, 0.717) is 29.4 Å². The van der Waals surface area contributed by atoms with E-state index in [1.165, 1.54) is 0 Å². The fourth-order valence-electron chi connectivity index (χ4n) is 3.64. The molecule has 29 heavy (non-hydrogen) atoms. The quantitative estimate of drug-likeness (QED) is 0.598. The molecule has 1 saturated heterocycles. The van der Waals surface area contributed by atoms with Gasteiger partial charge in [0.05, 0.1) is 5.56 Å². The van der Waals surface area contributed by atoms with Crippen LogP contribution in [0, 0.1) is 0 Å². The highest BCUT2D eigenvalue weighted by molar-refractivity contribution is 6.30. The molecule has 3 aromatic rings. The third kappa shape index (κ3) is 4.20. The van der Waals surface area contributed by atoms with Gasteiger partial charge in [0.25, 0.3) is 5.91 Å². The number of hydrogen-bond donors (Lipinski definition) is 0. The first-order valence-corrected chi connectivity index (χ1v) is 9.91. The minimum absolute atomic E-state index is 0.0826. The predicted molar refractivity (Wildman–Crippen MR) is 115 cm³/mol. The van der Waals surface area contributed by atoms with E-state index in [-0.39, 0.29) is 12.5 Å². The van der Waals surface area contributed by atoms with Gasteiger partial charge in [-0.05, 0) is 35.0 Å². The van der Waals surface area contributed by atoms with E-state index in [9.17, 15) is 9.59 Å². The standard InChI is InChI=1S/C23H21ClN2O3/c24-18-5-3-6-19(14-18)25-10-12-26(13-11-25)23(28)16-29-22-9-8-17-4-1-2-7-20(17)21(22)15-27/h1-9,14-15H,10-13,16H2. The molecule has 0 radical (unpaired) electrons. The summed E-state index contributed by atoms with van der Waals surface area (Å²) in [6, 6.07) is 19.0. The van der Waals surface area contributed by atoms with Gasteiger partial charge in [-0.25, -0.2) is 0 Å². The summed E-state index contributed by atoms with van der Waals surface area (Å²) in [4.78, 5) is 28.2. The smallest absolute Gasteiger partial charge is 0.260 e. The molecule has 0 aliphatic carbocycles. The Hall–Kier alpha value is -3.05. The Kier molecular flexibility index (Phi) is 5.67. The summed E-state index contributed by atoms with van der Waals surface area (Å²) >= 11 is 6.07. The van der Waals surface area contributed by atoms with Crippen molar-refractivity contribution in [3.8, 4) is 5.75 Å². The highest BCUT2D eigenvalue weighted by atomic mass is 35.5. The highest BCUT2D eigenvalue weighted by Gasteiger charge is 2.22. The van der Waals surface area contributed by atoms with Crippen LogP contribution in [0.1, 0.15) is 10.4 Å². The van der Waals surface area contributed by atoms with Crippen LogP contribution in [0.4, 0.5) is 5.69 Å². The molecule has 1 fully saturated rings. The average molecular weight is 409 g/mol. The lowest BCUT2D eigenvalue weighted by molar-refractivity contribution is -0.133. The maximum absolute atomic E-state index is 12.6. The maximum Gasteiger partial charge on any atom is 0.260 e. The fourth-order valence-corrected chi connectivity index (χ4v) is 3.83. The van der Waals surface area contributed by atoms with Gasteiger partial charge in [-0.15, -0.1) is 0 Å². The molecule has 0 bridgehead atoms. The molecule has 3 aromatic carbocycles. The largest absolute Gasteiger partial charge is 0.483 e. The van der Waals surface area contributed by atoms with Crippen LogP contribution < -0.4 is 9.64 Å². The molecule has 0 atom stereocenters. The third-order valence-electron chi connectivity index (χ3n) is 5.21.